The third-order valence-electron chi connectivity index (χ3n) is 4.88. The lowest BCUT2D eigenvalue weighted by Gasteiger charge is -2.28. The van der Waals surface area contributed by atoms with Crippen molar-refractivity contribution in [2.24, 2.45) is 11.8 Å². The van der Waals surface area contributed by atoms with Crippen LogP contribution in [0, 0.1) is 17.7 Å². The number of carboxylic acids is 2. The number of alkyl halides is 3. The Kier molecular flexibility index (Phi) is 11.2. The number of rotatable bonds is 9. The Morgan fingerprint density at radius 2 is 1.73 bits per heavy atom. The van der Waals surface area contributed by atoms with E-state index in [0.717, 1.165) is 38.7 Å². The fourth-order valence-electron chi connectivity index (χ4n) is 3.42. The number of aliphatic hydroxyl groups excluding tert-OH is 2. The van der Waals surface area contributed by atoms with E-state index in [1.165, 1.54) is 6.07 Å². The molecule has 188 valence electrons. The molecule has 1 aromatic carbocycles. The van der Waals surface area contributed by atoms with Crippen LogP contribution in [0.25, 0.3) is 0 Å². The van der Waals surface area contributed by atoms with Gasteiger partial charge in [-0.2, -0.15) is 13.2 Å². The van der Waals surface area contributed by atoms with Gasteiger partial charge in [-0.3, -0.25) is 4.90 Å². The molecule has 0 spiro atoms. The molecule has 0 saturated carbocycles. The number of carboxylic acid groups (broad SMARTS) is 2. The number of hydrogen-bond donors (Lipinski definition) is 5. The number of hydrogen-bond acceptors (Lipinski definition) is 6. The average molecular weight is 482 g/mol. The van der Waals surface area contributed by atoms with Crippen molar-refractivity contribution in [2.75, 3.05) is 26.2 Å². The summed E-state index contributed by atoms with van der Waals surface area (Å²) < 4.78 is 52.7. The minimum Gasteiger partial charge on any atom is -0.479 e. The molecule has 12 heteroatoms. The second-order valence-electron chi connectivity index (χ2n) is 8.31. The second kappa shape index (κ2) is 12.8. The fourth-order valence-corrected chi connectivity index (χ4v) is 3.42. The van der Waals surface area contributed by atoms with Gasteiger partial charge in [0.2, 0.25) is 0 Å². The highest BCUT2D eigenvalue weighted by Gasteiger charge is 2.34. The summed E-state index contributed by atoms with van der Waals surface area (Å²) in [5.74, 6) is -3.57. The van der Waals surface area contributed by atoms with Gasteiger partial charge in [0.15, 0.2) is 12.2 Å². The van der Waals surface area contributed by atoms with Crippen LogP contribution in [0.4, 0.5) is 17.6 Å². The van der Waals surface area contributed by atoms with Gasteiger partial charge in [-0.05, 0) is 49.0 Å². The summed E-state index contributed by atoms with van der Waals surface area (Å²) in [6, 6.07) is 2.97. The van der Waals surface area contributed by atoms with Crippen LogP contribution < -0.4 is 5.32 Å². The molecule has 1 aliphatic heterocycles. The minimum absolute atomic E-state index is 0.144. The maximum Gasteiger partial charge on any atom is 0.416 e. The van der Waals surface area contributed by atoms with E-state index in [-0.39, 0.29) is 12.1 Å². The first-order valence-corrected chi connectivity index (χ1v) is 10.3. The van der Waals surface area contributed by atoms with Crippen molar-refractivity contribution in [3.63, 3.8) is 0 Å². The van der Waals surface area contributed by atoms with Crippen molar-refractivity contribution in [1.82, 2.24) is 10.2 Å². The molecule has 0 bridgehead atoms. The molecule has 8 nitrogen and oxygen atoms in total. The summed E-state index contributed by atoms with van der Waals surface area (Å²) in [5, 5.41) is 35.8. The van der Waals surface area contributed by atoms with Crippen LogP contribution in [-0.2, 0) is 22.3 Å². The number of halogens is 4. The van der Waals surface area contributed by atoms with Gasteiger partial charge >= 0.3 is 18.1 Å². The first-order valence-electron chi connectivity index (χ1n) is 10.3. The van der Waals surface area contributed by atoms with Crippen LogP contribution in [0.5, 0.6) is 0 Å². The van der Waals surface area contributed by atoms with E-state index in [9.17, 15) is 27.2 Å². The van der Waals surface area contributed by atoms with Gasteiger partial charge in [0.25, 0.3) is 0 Å². The van der Waals surface area contributed by atoms with E-state index in [2.05, 4.69) is 24.1 Å². The lowest BCUT2D eigenvalue weighted by molar-refractivity contribution is -0.165. The maximum atomic E-state index is 13.2. The van der Waals surface area contributed by atoms with E-state index in [1.54, 1.807) is 0 Å². The highest BCUT2D eigenvalue weighted by atomic mass is 19.4. The third kappa shape index (κ3) is 10.0. The van der Waals surface area contributed by atoms with Gasteiger partial charge in [-0.15, -0.1) is 0 Å². The summed E-state index contributed by atoms with van der Waals surface area (Å²) >= 11 is 0. The zero-order valence-electron chi connectivity index (χ0n) is 18.3. The molecule has 5 N–H and O–H groups in total. The molecule has 33 heavy (non-hydrogen) atoms. The van der Waals surface area contributed by atoms with Crippen LogP contribution in [0.1, 0.15) is 31.4 Å². The number of nitrogens with one attached hydrogen (secondary N) is 1. The fraction of sp³-hybridized carbons (Fsp3) is 0.619. The molecule has 0 aliphatic carbocycles. The number of nitrogens with zero attached hydrogens (tertiary/aromatic N) is 1. The van der Waals surface area contributed by atoms with Crippen LogP contribution in [0.3, 0.4) is 0 Å². The molecule has 2 rings (SSSR count). The quantitative estimate of drug-likeness (QED) is 0.337. The van der Waals surface area contributed by atoms with E-state index in [1.807, 2.05) is 0 Å². The molecular formula is C21H30F4N2O6. The zero-order chi connectivity index (χ0) is 25.3. The number of carbonyl (C=O) groups is 2. The summed E-state index contributed by atoms with van der Waals surface area (Å²) in [7, 11) is 0. The SMILES string of the molecule is CC(C)CN(Cc1ccc(F)cc1C(F)(F)F)C[C@H]1CCNC1.O=C(O)[C@H](O)[C@@H](O)C(=O)O. The van der Waals surface area contributed by atoms with E-state index >= 15 is 0 Å². The van der Waals surface area contributed by atoms with E-state index < -0.39 is 41.7 Å². The standard InChI is InChI=1S/C17H24F4N2.C4H6O6/c1-12(2)9-23(10-13-5-6-22-8-13)11-14-3-4-15(18)7-16(14)17(19,20)21;5-1(3(7)8)2(6)4(9)10/h3-4,7,12-13,22H,5-6,8-11H2,1-2H3;1-2,5-6H,(H,7,8)(H,9,10)/t13-;1-,2-/m01/s1. The van der Waals surface area contributed by atoms with Gasteiger partial charge in [-0.25, -0.2) is 14.0 Å². The highest BCUT2D eigenvalue weighted by molar-refractivity contribution is 5.83. The van der Waals surface area contributed by atoms with E-state index in [4.69, 9.17) is 20.4 Å². The smallest absolute Gasteiger partial charge is 0.416 e. The van der Waals surface area contributed by atoms with Crippen molar-refractivity contribution in [3.05, 3.63) is 35.1 Å². The van der Waals surface area contributed by atoms with Crippen LogP contribution >= 0.6 is 0 Å². The minimum atomic E-state index is -4.53. The molecule has 3 atom stereocenters. The monoisotopic (exact) mass is 482 g/mol. The molecule has 1 aliphatic rings. The Balaban J connectivity index is 0.000000461. The predicted octanol–water partition coefficient (Wildman–Crippen LogP) is 1.79. The Bertz CT molecular complexity index is 767. The van der Waals surface area contributed by atoms with Crippen molar-refractivity contribution in [1.29, 1.82) is 0 Å². The third-order valence-corrected chi connectivity index (χ3v) is 4.88. The number of aliphatic hydroxyl groups is 2. The first-order chi connectivity index (χ1) is 15.2. The van der Waals surface area contributed by atoms with E-state index in [0.29, 0.717) is 17.9 Å². The number of aliphatic carboxylic acids is 2. The van der Waals surface area contributed by atoms with Gasteiger partial charge in [0.1, 0.15) is 5.82 Å². The number of benzene rings is 1. The normalized spacial score (nSPS) is 18.1. The molecule has 0 aromatic heterocycles. The molecule has 0 unspecified atom stereocenters. The predicted molar refractivity (Wildman–Crippen MR) is 110 cm³/mol. The summed E-state index contributed by atoms with van der Waals surface area (Å²) in [6.45, 7) is 7.66. The topological polar surface area (TPSA) is 130 Å². The van der Waals surface area contributed by atoms with Crippen molar-refractivity contribution >= 4 is 11.9 Å². The molecule has 1 fully saturated rings. The van der Waals surface area contributed by atoms with Crippen molar-refractivity contribution in [2.45, 2.75) is 45.2 Å². The largest absolute Gasteiger partial charge is 0.479 e. The highest BCUT2D eigenvalue weighted by Crippen LogP contribution is 2.33. The van der Waals surface area contributed by atoms with Gasteiger partial charge in [-0.1, -0.05) is 19.9 Å². The van der Waals surface area contributed by atoms with Gasteiger partial charge in [0, 0.05) is 19.6 Å². The summed E-state index contributed by atoms with van der Waals surface area (Å²) in [6.07, 6.45) is -8.02. The van der Waals surface area contributed by atoms with Crippen LogP contribution in [0.2, 0.25) is 0 Å². The van der Waals surface area contributed by atoms with Gasteiger partial charge in [0.05, 0.1) is 5.56 Å². The van der Waals surface area contributed by atoms with Crippen LogP contribution in [-0.4, -0.2) is 75.7 Å². The van der Waals surface area contributed by atoms with Crippen molar-refractivity contribution in [3.8, 4) is 0 Å². The van der Waals surface area contributed by atoms with Gasteiger partial charge < -0.3 is 25.7 Å². The van der Waals surface area contributed by atoms with Crippen molar-refractivity contribution < 1.29 is 47.6 Å². The summed E-state index contributed by atoms with van der Waals surface area (Å²) in [5.41, 5.74) is -0.721. The lowest BCUT2D eigenvalue weighted by Crippen LogP contribution is -2.39. The Morgan fingerprint density at radius 3 is 2.15 bits per heavy atom. The first kappa shape index (κ1) is 28.8. The van der Waals surface area contributed by atoms with Crippen LogP contribution in [0.15, 0.2) is 18.2 Å². The lowest BCUT2D eigenvalue weighted by atomic mass is 10.0. The molecule has 1 heterocycles. The Morgan fingerprint density at radius 1 is 1.15 bits per heavy atom. The molecule has 0 radical (unpaired) electrons. The Hall–Kier alpha value is -2.28. The average Bonchev–Trinajstić information content (AvgIpc) is 3.20. The Labute approximate surface area is 188 Å². The molecule has 1 saturated heterocycles. The molecule has 0 amide bonds. The molecular weight excluding hydrogens is 452 g/mol. The summed E-state index contributed by atoms with van der Waals surface area (Å²) in [4.78, 5) is 21.6. The maximum absolute atomic E-state index is 13.2. The second-order valence-corrected chi connectivity index (χ2v) is 8.31. The molecule has 1 aromatic rings. The zero-order valence-corrected chi connectivity index (χ0v) is 18.3.